The van der Waals surface area contributed by atoms with Crippen molar-refractivity contribution in [3.63, 3.8) is 0 Å². The van der Waals surface area contributed by atoms with Crippen molar-refractivity contribution in [1.82, 2.24) is 4.31 Å². The number of carboxylic acids is 1. The fourth-order valence-corrected chi connectivity index (χ4v) is 3.59. The average molecular weight is 359 g/mol. The zero-order chi connectivity index (χ0) is 18.1. The van der Waals surface area contributed by atoms with Crippen LogP contribution in [0.2, 0.25) is 0 Å². The first kappa shape index (κ1) is 20.9. The monoisotopic (exact) mass is 359 g/mol. The van der Waals surface area contributed by atoms with Gasteiger partial charge in [-0.05, 0) is 38.5 Å². The number of aliphatic hydroxyl groups is 1. The van der Waals surface area contributed by atoms with Crippen LogP contribution in [0.5, 0.6) is 0 Å². The summed E-state index contributed by atoms with van der Waals surface area (Å²) in [5, 5.41) is 18.9. The Morgan fingerprint density at radius 3 is 2.33 bits per heavy atom. The van der Waals surface area contributed by atoms with Crippen LogP contribution in [0.1, 0.15) is 64.2 Å². The van der Waals surface area contributed by atoms with Gasteiger partial charge in [-0.2, -0.15) is 4.31 Å². The normalized spacial score (nSPS) is 17.3. The molecule has 0 bridgehead atoms. The Labute approximate surface area is 145 Å². The Bertz CT molecular complexity index is 555. The zero-order valence-electron chi connectivity index (χ0n) is 14.5. The summed E-state index contributed by atoms with van der Waals surface area (Å²) in [6.45, 7) is 0.468. The first-order chi connectivity index (χ1) is 11.2. The molecule has 7 heteroatoms. The number of aliphatic carboxylic acids is 1. The van der Waals surface area contributed by atoms with Gasteiger partial charge in [0.05, 0.1) is 12.8 Å². The molecule has 24 heavy (non-hydrogen) atoms. The van der Waals surface area contributed by atoms with Crippen molar-refractivity contribution in [1.29, 1.82) is 0 Å². The quantitative estimate of drug-likeness (QED) is 0.485. The average Bonchev–Trinajstić information content (AvgIpc) is 2.48. The molecule has 1 rings (SSSR count). The van der Waals surface area contributed by atoms with E-state index in [9.17, 15) is 18.3 Å². The van der Waals surface area contributed by atoms with Crippen molar-refractivity contribution in [3.05, 3.63) is 0 Å². The predicted octanol–water partition coefficient (Wildman–Crippen LogP) is 1.98. The Morgan fingerprint density at radius 1 is 1.12 bits per heavy atom. The van der Waals surface area contributed by atoms with Crippen molar-refractivity contribution in [2.45, 2.75) is 69.8 Å². The van der Waals surface area contributed by atoms with Gasteiger partial charge in [0.25, 0.3) is 0 Å². The predicted molar refractivity (Wildman–Crippen MR) is 92.9 cm³/mol. The minimum atomic E-state index is -3.34. The maximum absolute atomic E-state index is 11.8. The zero-order valence-corrected chi connectivity index (χ0v) is 15.3. The van der Waals surface area contributed by atoms with Gasteiger partial charge in [-0.15, -0.1) is 0 Å². The van der Waals surface area contributed by atoms with Crippen LogP contribution in [0, 0.1) is 11.8 Å². The van der Waals surface area contributed by atoms with Gasteiger partial charge in [0.15, 0.2) is 0 Å². The second kappa shape index (κ2) is 10.0. The molecule has 0 aliphatic heterocycles. The summed E-state index contributed by atoms with van der Waals surface area (Å²) in [5.74, 6) is 4.89. The lowest BCUT2D eigenvalue weighted by Crippen LogP contribution is -2.33. The summed E-state index contributed by atoms with van der Waals surface area (Å²) in [5.41, 5.74) is -0.960. The molecule has 0 aromatic rings. The Kier molecular flexibility index (Phi) is 8.74. The molecule has 2 N–H and O–H groups in total. The highest BCUT2D eigenvalue weighted by molar-refractivity contribution is 7.88. The lowest BCUT2D eigenvalue weighted by atomic mass is 9.85. The van der Waals surface area contributed by atoms with Crippen LogP contribution in [0.15, 0.2) is 0 Å². The highest BCUT2D eigenvalue weighted by Crippen LogP contribution is 2.27. The van der Waals surface area contributed by atoms with E-state index >= 15 is 0 Å². The molecule has 1 aliphatic rings. The number of rotatable bonds is 9. The summed E-state index contributed by atoms with van der Waals surface area (Å²) in [6.07, 6.45) is 8.50. The largest absolute Gasteiger partial charge is 0.481 e. The lowest BCUT2D eigenvalue weighted by molar-refractivity contribution is -0.137. The van der Waals surface area contributed by atoms with Crippen molar-refractivity contribution >= 4 is 16.0 Å². The summed E-state index contributed by atoms with van der Waals surface area (Å²) < 4.78 is 25.0. The molecule has 0 spiro atoms. The number of carbonyl (C=O) groups is 1. The van der Waals surface area contributed by atoms with Gasteiger partial charge in [0, 0.05) is 13.0 Å². The number of sulfonamides is 1. The molecule has 0 atom stereocenters. The van der Waals surface area contributed by atoms with E-state index in [-0.39, 0.29) is 13.0 Å². The Balaban J connectivity index is 2.42. The van der Waals surface area contributed by atoms with E-state index in [1.807, 2.05) is 0 Å². The van der Waals surface area contributed by atoms with E-state index in [4.69, 9.17) is 5.11 Å². The first-order valence-electron chi connectivity index (χ1n) is 8.62. The van der Waals surface area contributed by atoms with Gasteiger partial charge in [0.1, 0.15) is 5.60 Å². The highest BCUT2D eigenvalue weighted by Gasteiger charge is 2.26. The molecule has 138 valence electrons. The molecule has 1 saturated carbocycles. The number of hydrogen-bond acceptors (Lipinski definition) is 4. The van der Waals surface area contributed by atoms with E-state index in [2.05, 4.69) is 11.8 Å². The van der Waals surface area contributed by atoms with Gasteiger partial charge in [-0.25, -0.2) is 8.42 Å². The smallest absolute Gasteiger partial charge is 0.303 e. The molecule has 0 aromatic heterocycles. The van der Waals surface area contributed by atoms with E-state index in [0.29, 0.717) is 32.2 Å². The topological polar surface area (TPSA) is 94.9 Å². The molecule has 1 aliphatic carbocycles. The number of unbranched alkanes of at least 4 members (excludes halogenated alkanes) is 3. The van der Waals surface area contributed by atoms with Gasteiger partial charge >= 0.3 is 5.97 Å². The molecule has 0 heterocycles. The summed E-state index contributed by atoms with van der Waals surface area (Å²) in [7, 11) is -3.34. The van der Waals surface area contributed by atoms with Crippen molar-refractivity contribution in [2.75, 3.05) is 19.3 Å². The second-order valence-corrected chi connectivity index (χ2v) is 8.53. The second-order valence-electron chi connectivity index (χ2n) is 6.55. The third-order valence-corrected chi connectivity index (χ3v) is 5.52. The maximum Gasteiger partial charge on any atom is 0.303 e. The molecule has 1 fully saturated rings. The molecular weight excluding hydrogens is 330 g/mol. The van der Waals surface area contributed by atoms with Crippen LogP contribution < -0.4 is 0 Å². The number of hydrogen-bond donors (Lipinski definition) is 2. The van der Waals surface area contributed by atoms with Crippen molar-refractivity contribution in [3.8, 4) is 11.8 Å². The highest BCUT2D eigenvalue weighted by atomic mass is 32.2. The van der Waals surface area contributed by atoms with Crippen LogP contribution in [-0.2, 0) is 14.8 Å². The minimum absolute atomic E-state index is 0.0935. The number of nitrogens with zero attached hydrogens (tertiary/aromatic N) is 1. The Morgan fingerprint density at radius 2 is 1.75 bits per heavy atom. The summed E-state index contributed by atoms with van der Waals surface area (Å²) >= 11 is 0. The van der Waals surface area contributed by atoms with E-state index in [1.54, 1.807) is 0 Å². The van der Waals surface area contributed by atoms with Gasteiger partial charge < -0.3 is 10.2 Å². The summed E-state index contributed by atoms with van der Waals surface area (Å²) in [4.78, 5) is 10.4. The maximum atomic E-state index is 11.8. The van der Waals surface area contributed by atoms with Crippen LogP contribution in [0.3, 0.4) is 0 Å². The Hall–Kier alpha value is -1.10. The molecule has 0 saturated heterocycles. The molecule has 6 nitrogen and oxygen atoms in total. The fraction of sp³-hybridized carbons (Fsp3) is 0.824. The summed E-state index contributed by atoms with van der Waals surface area (Å²) in [6, 6.07) is 0. The van der Waals surface area contributed by atoms with Crippen LogP contribution >= 0.6 is 0 Å². The van der Waals surface area contributed by atoms with E-state index < -0.39 is 21.6 Å². The van der Waals surface area contributed by atoms with Crippen LogP contribution in [-0.4, -0.2) is 53.9 Å². The van der Waals surface area contributed by atoms with Gasteiger partial charge in [-0.3, -0.25) is 4.79 Å². The van der Waals surface area contributed by atoms with E-state index in [0.717, 1.165) is 38.4 Å². The lowest BCUT2D eigenvalue weighted by Gasteiger charge is -2.26. The first-order valence-corrected chi connectivity index (χ1v) is 10.5. The third kappa shape index (κ3) is 8.67. The molecule has 0 radical (unpaired) electrons. The van der Waals surface area contributed by atoms with Crippen LogP contribution in [0.4, 0.5) is 0 Å². The SMILES string of the molecule is CS(=O)(=O)N(CC#CC1(O)CCCCC1)CCCCCCC(=O)O. The molecule has 0 aromatic carbocycles. The minimum Gasteiger partial charge on any atom is -0.481 e. The van der Waals surface area contributed by atoms with E-state index in [1.165, 1.54) is 4.31 Å². The number of carboxylic acid groups (broad SMARTS) is 1. The van der Waals surface area contributed by atoms with Crippen molar-refractivity contribution in [2.24, 2.45) is 0 Å². The fourth-order valence-electron chi connectivity index (χ4n) is 2.83. The third-order valence-electron chi connectivity index (χ3n) is 4.27. The molecule has 0 amide bonds. The molecular formula is C17H29NO5S. The standard InChI is InChI=1S/C17H29NO5S/c1-24(22,23)18(14-8-3-2-5-10-16(19)20)15-9-13-17(21)11-6-4-7-12-17/h21H,2-8,10-12,14-15H2,1H3,(H,19,20). The molecule has 0 unspecified atom stereocenters. The van der Waals surface area contributed by atoms with Crippen molar-refractivity contribution < 1.29 is 23.4 Å². The van der Waals surface area contributed by atoms with Crippen LogP contribution in [0.25, 0.3) is 0 Å². The van der Waals surface area contributed by atoms with Gasteiger partial charge in [0.2, 0.25) is 10.0 Å². The van der Waals surface area contributed by atoms with Gasteiger partial charge in [-0.1, -0.05) is 31.1 Å².